The van der Waals surface area contributed by atoms with Crippen molar-refractivity contribution in [2.45, 2.75) is 207 Å². The summed E-state index contributed by atoms with van der Waals surface area (Å²) >= 11 is 0. The Morgan fingerprint density at radius 3 is 0.907 bits per heavy atom. The molecule has 0 aliphatic heterocycles. The number of aliphatic hydroxyl groups is 2. The lowest BCUT2D eigenvalue weighted by Gasteiger charge is -2.26. The Morgan fingerprint density at radius 1 is 0.343 bits per heavy atom. The van der Waals surface area contributed by atoms with Gasteiger partial charge >= 0.3 is 23.9 Å². The van der Waals surface area contributed by atoms with Crippen LogP contribution in [0.25, 0.3) is 0 Å². The molecule has 10 atom stereocenters. The third-order valence-corrected chi connectivity index (χ3v) is 16.2. The van der Waals surface area contributed by atoms with E-state index in [9.17, 15) is 117 Å². The summed E-state index contributed by atoms with van der Waals surface area (Å²) < 4.78 is 0. The number of phenolic OH excluding ortho intramolecular Hbond substituents is 2. The number of carboxylic acids is 4. The molecular formula is C70H96N12O26. The molecule has 0 unspecified atom stereocenters. The minimum atomic E-state index is -1.82. The van der Waals surface area contributed by atoms with E-state index in [4.69, 9.17) is 10.2 Å². The first-order valence-electron chi connectivity index (χ1n) is 34.5. The Labute approximate surface area is 619 Å². The van der Waals surface area contributed by atoms with Gasteiger partial charge in [-0.2, -0.15) is 0 Å². The number of nitrogens with zero attached hydrogens (tertiary/aromatic N) is 2. The number of hydrogen-bond donors (Lipinski definition) is 18. The lowest BCUT2D eigenvalue weighted by Crippen LogP contribution is -2.59. The van der Waals surface area contributed by atoms with E-state index >= 15 is 0 Å². The molecule has 1 aliphatic carbocycles. The van der Waals surface area contributed by atoms with Gasteiger partial charge in [-0.1, -0.05) is 67.5 Å². The molecule has 0 saturated heterocycles. The van der Waals surface area contributed by atoms with Gasteiger partial charge in [0.1, 0.15) is 71.9 Å². The van der Waals surface area contributed by atoms with Gasteiger partial charge in [0.05, 0.1) is 50.0 Å². The molecule has 2 aromatic rings. The number of carboxylic acid groups (broad SMARTS) is 4. The van der Waals surface area contributed by atoms with Gasteiger partial charge in [0, 0.05) is 49.2 Å². The van der Waals surface area contributed by atoms with E-state index in [-0.39, 0.29) is 84.5 Å². The van der Waals surface area contributed by atoms with Crippen molar-refractivity contribution in [2.75, 3.05) is 13.2 Å². The van der Waals surface area contributed by atoms with E-state index in [2.05, 4.69) is 63.2 Å². The Bertz CT molecular complexity index is 3560. The van der Waals surface area contributed by atoms with Gasteiger partial charge in [-0.15, -0.1) is 0 Å². The number of carbonyl (C=O) groups is 18. The number of fused-ring (bicyclic) bond motifs is 2. The minimum absolute atomic E-state index is 0.00827. The molecule has 2 aromatic carbocycles. The van der Waals surface area contributed by atoms with Crippen LogP contribution in [0.5, 0.6) is 11.5 Å². The summed E-state index contributed by atoms with van der Waals surface area (Å²) in [6, 6.07) is -10.9. The second-order valence-electron chi connectivity index (χ2n) is 27.3. The quantitative estimate of drug-likeness (QED) is 0.0213. The number of nitrogens with one attached hydrogen (secondary N) is 10. The minimum Gasteiger partial charge on any atom is -0.507 e. The average molecular weight is 1520 g/mol. The molecule has 0 saturated carbocycles. The highest BCUT2D eigenvalue weighted by molar-refractivity contribution is 6.31. The van der Waals surface area contributed by atoms with Crippen LogP contribution in [0, 0.1) is 23.7 Å². The highest BCUT2D eigenvalue weighted by Crippen LogP contribution is 2.40. The average Bonchev–Trinajstić information content (AvgIpc) is 0.731. The van der Waals surface area contributed by atoms with Gasteiger partial charge in [0.15, 0.2) is 11.6 Å². The SMILES string of the molecule is CC(C)C[C@H](NC(=O)[C@H](CC(C)C)NC(=O)[C@H](C)NC(=O)[C@H](CO)NC(=O)[C@H](CC(=O)O)NC(=O)CCC(=O)O)C(=O)N=CCc1ccc(CC=NC(=O)[C@H](CC(C)C)NC(=O)[C@H](CC(C)C)NC(=O)[C@H](C)NC(=O)[C@H](CO)NC(=O)[C@H](CC(=O)O)NC(=O)CCC(=O)O)c2c1C(=O)c1c(O)ccc(O)c1C2=O. The van der Waals surface area contributed by atoms with Crippen LogP contribution in [-0.2, 0) is 89.6 Å². The summed E-state index contributed by atoms with van der Waals surface area (Å²) in [5.74, 6) is -22.4. The maximum atomic E-state index is 14.5. The lowest BCUT2D eigenvalue weighted by atomic mass is 9.78. The number of aromatic hydroxyl groups is 2. The van der Waals surface area contributed by atoms with Crippen molar-refractivity contribution in [1.29, 1.82) is 0 Å². The lowest BCUT2D eigenvalue weighted by molar-refractivity contribution is -0.142. The van der Waals surface area contributed by atoms with E-state index in [1.165, 1.54) is 26.0 Å². The molecule has 18 N–H and O–H groups in total. The smallest absolute Gasteiger partial charge is 0.305 e. The number of amides is 12. The number of aliphatic hydroxyl groups excluding tert-OH is 2. The van der Waals surface area contributed by atoms with Crippen LogP contribution < -0.4 is 53.2 Å². The number of carbonyl (C=O) groups excluding carboxylic acids is 14. The molecular weight excluding hydrogens is 1420 g/mol. The molecule has 38 nitrogen and oxygen atoms in total. The Kier molecular flexibility index (Phi) is 36.3. The molecule has 0 radical (unpaired) electrons. The number of hydrogen-bond acceptors (Lipinski definition) is 22. The van der Waals surface area contributed by atoms with Crippen LogP contribution in [0.15, 0.2) is 34.3 Å². The Morgan fingerprint density at radius 2 is 0.620 bits per heavy atom. The molecule has 12 amide bonds. The van der Waals surface area contributed by atoms with Gasteiger partial charge in [0.2, 0.25) is 59.1 Å². The van der Waals surface area contributed by atoms with Crippen LogP contribution in [-0.4, -0.2) is 233 Å². The summed E-state index contributed by atoms with van der Waals surface area (Å²) in [5, 5.41) is 101. The summed E-state index contributed by atoms with van der Waals surface area (Å²) in [4.78, 5) is 243. The van der Waals surface area contributed by atoms with Gasteiger partial charge < -0.3 is 94.0 Å². The van der Waals surface area contributed by atoms with Crippen LogP contribution in [0.2, 0.25) is 0 Å². The summed E-state index contributed by atoms with van der Waals surface area (Å²) in [7, 11) is 0. The van der Waals surface area contributed by atoms with Crippen molar-refractivity contribution in [2.24, 2.45) is 33.7 Å². The Hall–Kier alpha value is -11.4. The fourth-order valence-electron chi connectivity index (χ4n) is 10.8. The normalized spacial score (nSPS) is 14.6. The first kappa shape index (κ1) is 90.8. The van der Waals surface area contributed by atoms with Crippen molar-refractivity contribution < 1.29 is 127 Å². The van der Waals surface area contributed by atoms with Gasteiger partial charge in [-0.25, -0.2) is 9.98 Å². The first-order valence-corrected chi connectivity index (χ1v) is 34.5. The summed E-state index contributed by atoms with van der Waals surface area (Å²) in [5.41, 5.74) is -1.52. The zero-order valence-electron chi connectivity index (χ0n) is 61.3. The number of phenols is 2. The largest absolute Gasteiger partial charge is 0.507 e. The third-order valence-electron chi connectivity index (χ3n) is 16.2. The monoisotopic (exact) mass is 1520 g/mol. The first-order chi connectivity index (χ1) is 50.5. The van der Waals surface area contributed by atoms with Crippen LogP contribution in [0.3, 0.4) is 0 Å². The molecule has 0 heterocycles. The maximum Gasteiger partial charge on any atom is 0.305 e. The van der Waals surface area contributed by atoms with Gasteiger partial charge in [-0.3, -0.25) is 86.3 Å². The van der Waals surface area contributed by atoms with Crippen molar-refractivity contribution in [3.8, 4) is 11.5 Å². The van der Waals surface area contributed by atoms with Crippen molar-refractivity contribution in [1.82, 2.24) is 53.2 Å². The molecule has 1 aliphatic rings. The molecule has 0 bridgehead atoms. The predicted molar refractivity (Wildman–Crippen MR) is 378 cm³/mol. The van der Waals surface area contributed by atoms with E-state index in [1.54, 1.807) is 55.4 Å². The number of rotatable bonds is 44. The molecule has 592 valence electrons. The highest BCUT2D eigenvalue weighted by atomic mass is 16.4. The van der Waals surface area contributed by atoms with E-state index in [0.717, 1.165) is 24.6 Å². The predicted octanol–water partition coefficient (Wildman–Crippen LogP) is -2.11. The van der Waals surface area contributed by atoms with Crippen molar-refractivity contribution in [3.63, 3.8) is 0 Å². The van der Waals surface area contributed by atoms with Crippen LogP contribution in [0.4, 0.5) is 0 Å². The number of aliphatic carboxylic acids is 4. The number of ketones is 2. The fraction of sp³-hybridized carbons (Fsp3) is 0.543. The fourth-order valence-corrected chi connectivity index (χ4v) is 10.8. The second kappa shape index (κ2) is 43.2. The van der Waals surface area contributed by atoms with Gasteiger partial charge in [-0.05, 0) is 86.5 Å². The summed E-state index contributed by atoms with van der Waals surface area (Å²) in [6.45, 7) is 14.0. The standard InChI is InChI=1S/C70H96N12O26/c1-31(2)23-39(79-65(103)41(25-33(5)6)77-61(99)35(9)73-69(107)45(29-83)81-67(105)43(27-53(93)94)75-49(87)15-17-51(89)90)63(101)71-21-19-37-11-12-38(56-55(37)59(97)57-47(85)13-14-48(86)58(57)60(56)98)20-22-72-64(102)40(24-32(3)4)80-66(104)42(26-34(7)8)78-62(100)36(10)74-70(108)46(30-84)82-68(106)44(28-54(95)96)76-50(88)16-18-52(91)92/h11-14,21-22,31-36,39-46,83-86H,15-20,23-30H2,1-10H3,(H,73,107)(H,74,108)(H,75,87)(H,76,88)(H,77,99)(H,78,100)(H,79,103)(H,80,104)(H,81,105)(H,82,106)(H,89,90)(H,91,92)(H,93,94)(H,95,96)/t35-,36-,39-,40-,41-,42-,43-,44-,45-,46-/m0/s1. The van der Waals surface area contributed by atoms with Gasteiger partial charge in [0.25, 0.3) is 11.8 Å². The molecule has 0 fully saturated rings. The van der Waals surface area contributed by atoms with Crippen molar-refractivity contribution in [3.05, 3.63) is 57.6 Å². The molecule has 0 spiro atoms. The number of aliphatic imine (C=N–C) groups is 2. The molecule has 0 aromatic heterocycles. The molecule has 38 heteroatoms. The Balaban J connectivity index is 1.88. The topological polar surface area (TPSA) is 614 Å². The molecule has 108 heavy (non-hydrogen) atoms. The number of benzene rings is 2. The molecule has 3 rings (SSSR count). The van der Waals surface area contributed by atoms with Crippen molar-refractivity contribution >= 4 is 119 Å². The van der Waals surface area contributed by atoms with E-state index in [0.29, 0.717) is 0 Å². The van der Waals surface area contributed by atoms with Crippen LogP contribution >= 0.6 is 0 Å². The maximum absolute atomic E-state index is 14.5. The zero-order valence-corrected chi connectivity index (χ0v) is 61.3. The van der Waals surface area contributed by atoms with E-state index < -0.39 is 241 Å². The highest BCUT2D eigenvalue weighted by Gasteiger charge is 2.39. The second-order valence-corrected chi connectivity index (χ2v) is 27.3. The third kappa shape index (κ3) is 29.1. The summed E-state index contributed by atoms with van der Waals surface area (Å²) in [6.07, 6.45) is -3.12. The zero-order chi connectivity index (χ0) is 81.7. The van der Waals surface area contributed by atoms with E-state index in [1.807, 2.05) is 0 Å². The van der Waals surface area contributed by atoms with Crippen LogP contribution in [0.1, 0.15) is 176 Å².